The monoisotopic (exact) mass is 162 g/mol. The third-order valence-electron chi connectivity index (χ3n) is 2.46. The first kappa shape index (κ1) is 7.81. The van der Waals surface area contributed by atoms with E-state index in [4.69, 9.17) is 4.74 Å². The van der Waals surface area contributed by atoms with Crippen molar-refractivity contribution in [1.29, 1.82) is 0 Å². The van der Waals surface area contributed by atoms with Crippen LogP contribution < -0.4 is 0 Å². The second kappa shape index (κ2) is 3.28. The van der Waals surface area contributed by atoms with E-state index in [9.17, 15) is 0 Å². The van der Waals surface area contributed by atoms with Crippen LogP contribution in [0.3, 0.4) is 0 Å². The molecule has 1 nitrogen and oxygen atoms in total. The quantitative estimate of drug-likeness (QED) is 0.617. The summed E-state index contributed by atoms with van der Waals surface area (Å²) >= 11 is 0. The van der Waals surface area contributed by atoms with Gasteiger partial charge in [-0.25, -0.2) is 0 Å². The predicted octanol–water partition coefficient (Wildman–Crippen LogP) is 2.71. The van der Waals surface area contributed by atoms with Crippen molar-refractivity contribution in [3.8, 4) is 0 Å². The third kappa shape index (κ3) is 1.25. The van der Waals surface area contributed by atoms with Gasteiger partial charge in [-0.2, -0.15) is 0 Å². The summed E-state index contributed by atoms with van der Waals surface area (Å²) in [6.07, 6.45) is 2.50. The number of hydrogen-bond acceptors (Lipinski definition) is 1. The van der Waals surface area contributed by atoms with Gasteiger partial charge in [0.15, 0.2) is 0 Å². The summed E-state index contributed by atoms with van der Waals surface area (Å²) in [6.45, 7) is 3.06. The van der Waals surface area contributed by atoms with Gasteiger partial charge in [-0.05, 0) is 24.0 Å². The van der Waals surface area contributed by atoms with E-state index in [1.54, 1.807) is 0 Å². The Morgan fingerprint density at radius 1 is 1.42 bits per heavy atom. The second-order valence-corrected chi connectivity index (χ2v) is 3.22. The van der Waals surface area contributed by atoms with E-state index in [1.807, 2.05) is 0 Å². The molecule has 2 rings (SSSR count). The van der Waals surface area contributed by atoms with Gasteiger partial charge >= 0.3 is 0 Å². The van der Waals surface area contributed by atoms with Crippen LogP contribution in [0.15, 0.2) is 24.3 Å². The molecule has 0 saturated carbocycles. The third-order valence-corrected chi connectivity index (χ3v) is 2.46. The molecular weight excluding hydrogens is 148 g/mol. The van der Waals surface area contributed by atoms with Crippen molar-refractivity contribution < 1.29 is 4.74 Å². The summed E-state index contributed by atoms with van der Waals surface area (Å²) in [4.78, 5) is 0. The lowest BCUT2D eigenvalue weighted by Crippen LogP contribution is -2.15. The molecule has 1 aliphatic heterocycles. The van der Waals surface area contributed by atoms with Crippen molar-refractivity contribution in [3.05, 3.63) is 35.4 Å². The molecule has 12 heavy (non-hydrogen) atoms. The van der Waals surface area contributed by atoms with Crippen molar-refractivity contribution >= 4 is 0 Å². The zero-order valence-corrected chi connectivity index (χ0v) is 7.42. The molecule has 0 bridgehead atoms. The van der Waals surface area contributed by atoms with Crippen LogP contribution in [0.25, 0.3) is 0 Å². The second-order valence-electron chi connectivity index (χ2n) is 3.22. The molecule has 1 aromatic rings. The molecule has 0 saturated heterocycles. The van der Waals surface area contributed by atoms with Gasteiger partial charge < -0.3 is 4.74 Å². The highest BCUT2D eigenvalue weighted by Gasteiger charge is 2.17. The smallest absolute Gasteiger partial charge is 0.0825 e. The molecule has 0 aliphatic carbocycles. The molecule has 1 atom stereocenters. The first-order chi connectivity index (χ1) is 5.92. The number of ether oxygens (including phenoxy) is 1. The SMILES string of the molecule is CC[C@H]1OCCc2ccccc21. The van der Waals surface area contributed by atoms with Crippen LogP contribution in [0.1, 0.15) is 30.6 Å². The molecule has 0 radical (unpaired) electrons. The molecule has 1 aliphatic rings. The minimum Gasteiger partial charge on any atom is -0.373 e. The van der Waals surface area contributed by atoms with Crippen LogP contribution in [0.5, 0.6) is 0 Å². The Hall–Kier alpha value is -0.820. The molecule has 64 valence electrons. The minimum atomic E-state index is 0.343. The van der Waals surface area contributed by atoms with Gasteiger partial charge in [0.05, 0.1) is 12.7 Å². The molecule has 0 fully saturated rings. The van der Waals surface area contributed by atoms with Crippen LogP contribution in [0.4, 0.5) is 0 Å². The molecule has 0 N–H and O–H groups in total. The van der Waals surface area contributed by atoms with Gasteiger partial charge in [-0.1, -0.05) is 31.2 Å². The zero-order valence-electron chi connectivity index (χ0n) is 7.42. The highest BCUT2D eigenvalue weighted by Crippen LogP contribution is 2.28. The minimum absolute atomic E-state index is 0.343. The fourth-order valence-electron chi connectivity index (χ4n) is 1.81. The number of hydrogen-bond donors (Lipinski definition) is 0. The average Bonchev–Trinajstić information content (AvgIpc) is 2.17. The van der Waals surface area contributed by atoms with Gasteiger partial charge in [-0.3, -0.25) is 0 Å². The lowest BCUT2D eigenvalue weighted by Gasteiger charge is -2.24. The van der Waals surface area contributed by atoms with E-state index < -0.39 is 0 Å². The van der Waals surface area contributed by atoms with Crippen molar-refractivity contribution in [2.24, 2.45) is 0 Å². The Bertz CT molecular complexity index is 267. The topological polar surface area (TPSA) is 9.23 Å². The predicted molar refractivity (Wildman–Crippen MR) is 49.1 cm³/mol. The fraction of sp³-hybridized carbons (Fsp3) is 0.455. The average molecular weight is 162 g/mol. The summed E-state index contributed by atoms with van der Waals surface area (Å²) in [6, 6.07) is 8.59. The highest BCUT2D eigenvalue weighted by molar-refractivity contribution is 5.30. The van der Waals surface area contributed by atoms with Crippen LogP contribution in [0, 0.1) is 0 Å². The van der Waals surface area contributed by atoms with E-state index in [0.29, 0.717) is 6.10 Å². The van der Waals surface area contributed by atoms with Crippen molar-refractivity contribution in [2.75, 3.05) is 6.61 Å². The maximum Gasteiger partial charge on any atom is 0.0825 e. The molecule has 0 unspecified atom stereocenters. The Morgan fingerprint density at radius 3 is 3.08 bits per heavy atom. The fourth-order valence-corrected chi connectivity index (χ4v) is 1.81. The van der Waals surface area contributed by atoms with E-state index in [0.717, 1.165) is 19.4 Å². The maximum absolute atomic E-state index is 5.65. The van der Waals surface area contributed by atoms with Gasteiger partial charge in [-0.15, -0.1) is 0 Å². The van der Waals surface area contributed by atoms with E-state index in [2.05, 4.69) is 31.2 Å². The van der Waals surface area contributed by atoms with Gasteiger partial charge in [0, 0.05) is 0 Å². The van der Waals surface area contributed by atoms with Crippen LogP contribution in [-0.4, -0.2) is 6.61 Å². The van der Waals surface area contributed by atoms with Crippen LogP contribution in [-0.2, 0) is 11.2 Å². The maximum atomic E-state index is 5.65. The summed E-state index contributed by atoms with van der Waals surface area (Å²) in [5.74, 6) is 0. The molecular formula is C11H14O. The highest BCUT2D eigenvalue weighted by atomic mass is 16.5. The summed E-state index contributed by atoms with van der Waals surface area (Å²) in [5.41, 5.74) is 2.86. The first-order valence-electron chi connectivity index (χ1n) is 4.61. The van der Waals surface area contributed by atoms with Gasteiger partial charge in [0.25, 0.3) is 0 Å². The molecule has 1 aromatic carbocycles. The first-order valence-corrected chi connectivity index (χ1v) is 4.61. The molecule has 1 heteroatoms. The number of rotatable bonds is 1. The Balaban J connectivity index is 2.37. The van der Waals surface area contributed by atoms with Crippen LogP contribution >= 0.6 is 0 Å². The lowest BCUT2D eigenvalue weighted by atomic mass is 9.96. The van der Waals surface area contributed by atoms with Crippen LogP contribution in [0.2, 0.25) is 0 Å². The largest absolute Gasteiger partial charge is 0.373 e. The van der Waals surface area contributed by atoms with E-state index in [-0.39, 0.29) is 0 Å². The van der Waals surface area contributed by atoms with Gasteiger partial charge in [0.1, 0.15) is 0 Å². The van der Waals surface area contributed by atoms with Gasteiger partial charge in [0.2, 0.25) is 0 Å². The number of benzene rings is 1. The zero-order chi connectivity index (χ0) is 8.39. The molecule has 1 heterocycles. The molecule has 0 amide bonds. The Morgan fingerprint density at radius 2 is 2.25 bits per heavy atom. The Kier molecular flexibility index (Phi) is 2.13. The van der Waals surface area contributed by atoms with Crippen molar-refractivity contribution in [2.45, 2.75) is 25.9 Å². The lowest BCUT2D eigenvalue weighted by molar-refractivity contribution is 0.0399. The van der Waals surface area contributed by atoms with Crippen molar-refractivity contribution in [3.63, 3.8) is 0 Å². The number of fused-ring (bicyclic) bond motifs is 1. The Labute approximate surface area is 73.4 Å². The standard InChI is InChI=1S/C11H14O/c1-2-11-10-6-4-3-5-9(10)7-8-12-11/h3-6,11H,2,7-8H2,1H3/t11-/m1/s1. The molecule has 0 spiro atoms. The van der Waals surface area contributed by atoms with Crippen molar-refractivity contribution in [1.82, 2.24) is 0 Å². The van der Waals surface area contributed by atoms with E-state index >= 15 is 0 Å². The van der Waals surface area contributed by atoms with E-state index in [1.165, 1.54) is 11.1 Å². The summed E-state index contributed by atoms with van der Waals surface area (Å²) in [7, 11) is 0. The summed E-state index contributed by atoms with van der Waals surface area (Å²) < 4.78 is 5.65. The normalized spacial score (nSPS) is 21.9. The summed E-state index contributed by atoms with van der Waals surface area (Å²) in [5, 5.41) is 0. The molecule has 0 aromatic heterocycles.